The van der Waals surface area contributed by atoms with E-state index in [9.17, 15) is 9.59 Å². The van der Waals surface area contributed by atoms with Crippen LogP contribution in [0.3, 0.4) is 0 Å². The molecule has 0 bridgehead atoms. The monoisotopic (exact) mass is 474 g/mol. The van der Waals surface area contributed by atoms with Crippen molar-refractivity contribution in [3.8, 4) is 0 Å². The zero-order valence-corrected chi connectivity index (χ0v) is 20.7. The molecule has 6 nitrogen and oxygen atoms in total. The van der Waals surface area contributed by atoms with Crippen LogP contribution in [0.25, 0.3) is 0 Å². The summed E-state index contributed by atoms with van der Waals surface area (Å²) in [5, 5.41) is 0. The number of likely N-dealkylation sites (tertiary alicyclic amines) is 2. The van der Waals surface area contributed by atoms with Gasteiger partial charge in [0.2, 0.25) is 11.8 Å². The molecule has 2 aromatic carbocycles. The summed E-state index contributed by atoms with van der Waals surface area (Å²) in [6.45, 7) is 8.68. The lowest BCUT2D eigenvalue weighted by atomic mass is 9.82. The minimum Gasteiger partial charge on any atom is -0.340 e. The number of amides is 2. The lowest BCUT2D eigenvalue weighted by molar-refractivity contribution is -0.149. The minimum atomic E-state index is -0.224. The molecule has 2 atom stereocenters. The largest absolute Gasteiger partial charge is 0.340 e. The van der Waals surface area contributed by atoms with Crippen molar-refractivity contribution in [2.45, 2.75) is 38.3 Å². The maximum absolute atomic E-state index is 13.9. The number of piperidine rings is 1. The third-order valence-electron chi connectivity index (χ3n) is 7.98. The molecule has 6 heteroatoms. The molecule has 5 rings (SSSR count). The van der Waals surface area contributed by atoms with Crippen LogP contribution >= 0.6 is 0 Å². The first-order valence-electron chi connectivity index (χ1n) is 13.3. The number of hydrogen-bond acceptors (Lipinski definition) is 4. The van der Waals surface area contributed by atoms with Crippen molar-refractivity contribution in [3.05, 3.63) is 71.8 Å². The predicted octanol–water partition coefficient (Wildman–Crippen LogP) is 3.41. The Morgan fingerprint density at radius 3 is 2.03 bits per heavy atom. The maximum Gasteiger partial charge on any atom is 0.228 e. The van der Waals surface area contributed by atoms with Crippen LogP contribution in [0.2, 0.25) is 0 Å². The molecular formula is C29H38N4O2. The summed E-state index contributed by atoms with van der Waals surface area (Å²) in [5.74, 6) is 0.150. The quantitative estimate of drug-likeness (QED) is 0.617. The van der Waals surface area contributed by atoms with E-state index in [0.717, 1.165) is 50.4 Å². The van der Waals surface area contributed by atoms with Crippen molar-refractivity contribution in [2.24, 2.45) is 5.92 Å². The number of piperazine rings is 1. The fourth-order valence-electron chi connectivity index (χ4n) is 5.96. The van der Waals surface area contributed by atoms with E-state index in [-0.39, 0.29) is 23.8 Å². The molecule has 3 saturated heterocycles. The minimum absolute atomic E-state index is 0.137. The van der Waals surface area contributed by atoms with Gasteiger partial charge in [0.15, 0.2) is 0 Å². The molecule has 0 saturated carbocycles. The first-order valence-corrected chi connectivity index (χ1v) is 13.3. The SMILES string of the molecule is O=C(C1CCC(=O)N(Cc2ccccc2)C1c1ccccc1)N1CCN(CCN2CCCC2)CC1. The highest BCUT2D eigenvalue weighted by Crippen LogP contribution is 2.39. The topological polar surface area (TPSA) is 47.1 Å². The van der Waals surface area contributed by atoms with E-state index in [1.165, 1.54) is 25.9 Å². The van der Waals surface area contributed by atoms with Gasteiger partial charge in [-0.3, -0.25) is 14.5 Å². The van der Waals surface area contributed by atoms with Crippen LogP contribution in [0.5, 0.6) is 0 Å². The molecule has 3 fully saturated rings. The van der Waals surface area contributed by atoms with Crippen LogP contribution in [-0.2, 0) is 16.1 Å². The Labute approximate surface area is 209 Å². The average molecular weight is 475 g/mol. The van der Waals surface area contributed by atoms with Crippen LogP contribution in [-0.4, -0.2) is 83.8 Å². The highest BCUT2D eigenvalue weighted by atomic mass is 16.2. The molecule has 3 aliphatic heterocycles. The molecule has 2 unspecified atom stereocenters. The van der Waals surface area contributed by atoms with E-state index in [1.807, 2.05) is 41.3 Å². The van der Waals surface area contributed by atoms with Gasteiger partial charge in [0.05, 0.1) is 12.0 Å². The van der Waals surface area contributed by atoms with Crippen LogP contribution in [0.15, 0.2) is 60.7 Å². The molecule has 2 aromatic rings. The summed E-state index contributed by atoms with van der Waals surface area (Å²) >= 11 is 0. The highest BCUT2D eigenvalue weighted by molar-refractivity contribution is 5.85. The van der Waals surface area contributed by atoms with Crippen molar-refractivity contribution in [3.63, 3.8) is 0 Å². The van der Waals surface area contributed by atoms with Gasteiger partial charge in [-0.25, -0.2) is 0 Å². The molecule has 3 aliphatic rings. The summed E-state index contributed by atoms with van der Waals surface area (Å²) in [6, 6.07) is 20.0. The second-order valence-corrected chi connectivity index (χ2v) is 10.2. The Morgan fingerprint density at radius 2 is 1.37 bits per heavy atom. The number of hydrogen-bond donors (Lipinski definition) is 0. The van der Waals surface area contributed by atoms with Gasteiger partial charge in [0, 0.05) is 52.2 Å². The molecule has 0 N–H and O–H groups in total. The standard InChI is InChI=1S/C29H38N4O2/c34-27-14-13-26(29(35)32-21-19-31(20-22-32)18-17-30-15-7-8-16-30)28(25-11-5-2-6-12-25)33(27)23-24-9-3-1-4-10-24/h1-6,9-12,26,28H,7-8,13-23H2. The van der Waals surface area contributed by atoms with Crippen molar-refractivity contribution >= 4 is 11.8 Å². The van der Waals surface area contributed by atoms with Gasteiger partial charge in [-0.05, 0) is 43.5 Å². The fourth-order valence-corrected chi connectivity index (χ4v) is 5.96. The van der Waals surface area contributed by atoms with Crippen LogP contribution in [0.1, 0.15) is 42.9 Å². The molecular weight excluding hydrogens is 436 g/mol. The van der Waals surface area contributed by atoms with Crippen LogP contribution in [0, 0.1) is 5.92 Å². The van der Waals surface area contributed by atoms with Gasteiger partial charge < -0.3 is 14.7 Å². The number of carbonyl (C=O) groups excluding carboxylic acids is 2. The second-order valence-electron chi connectivity index (χ2n) is 10.2. The third-order valence-corrected chi connectivity index (χ3v) is 7.98. The summed E-state index contributed by atoms with van der Waals surface area (Å²) in [5.41, 5.74) is 2.15. The number of benzene rings is 2. The molecule has 3 heterocycles. The van der Waals surface area contributed by atoms with Gasteiger partial charge in [-0.15, -0.1) is 0 Å². The first-order chi connectivity index (χ1) is 17.2. The normalized spacial score (nSPS) is 24.2. The summed E-state index contributed by atoms with van der Waals surface area (Å²) in [6.07, 6.45) is 3.71. The van der Waals surface area contributed by atoms with Crippen molar-refractivity contribution in [1.82, 2.24) is 19.6 Å². The Balaban J connectivity index is 1.28. The predicted molar refractivity (Wildman–Crippen MR) is 138 cm³/mol. The Morgan fingerprint density at radius 1 is 0.771 bits per heavy atom. The number of rotatable bonds is 7. The number of nitrogens with zero attached hydrogens (tertiary/aromatic N) is 4. The molecule has 0 aromatic heterocycles. The highest BCUT2D eigenvalue weighted by Gasteiger charge is 2.42. The van der Waals surface area contributed by atoms with Crippen LogP contribution in [0.4, 0.5) is 0 Å². The zero-order valence-electron chi connectivity index (χ0n) is 20.7. The molecule has 35 heavy (non-hydrogen) atoms. The van der Waals surface area contributed by atoms with E-state index < -0.39 is 0 Å². The van der Waals surface area contributed by atoms with Crippen molar-refractivity contribution in [2.75, 3.05) is 52.4 Å². The molecule has 0 spiro atoms. The van der Waals surface area contributed by atoms with Gasteiger partial charge in [-0.1, -0.05) is 60.7 Å². The average Bonchev–Trinajstić information content (AvgIpc) is 3.43. The maximum atomic E-state index is 13.9. The molecule has 0 radical (unpaired) electrons. The molecule has 2 amide bonds. The molecule has 186 valence electrons. The van der Waals surface area contributed by atoms with Gasteiger partial charge >= 0.3 is 0 Å². The van der Waals surface area contributed by atoms with Crippen LogP contribution < -0.4 is 0 Å². The van der Waals surface area contributed by atoms with E-state index in [0.29, 0.717) is 19.4 Å². The third kappa shape index (κ3) is 5.76. The summed E-state index contributed by atoms with van der Waals surface area (Å²) in [4.78, 5) is 36.1. The van der Waals surface area contributed by atoms with Gasteiger partial charge in [0.1, 0.15) is 0 Å². The van der Waals surface area contributed by atoms with E-state index in [1.54, 1.807) is 0 Å². The lowest BCUT2D eigenvalue weighted by Crippen LogP contribution is -2.54. The van der Waals surface area contributed by atoms with Gasteiger partial charge in [-0.2, -0.15) is 0 Å². The smallest absolute Gasteiger partial charge is 0.228 e. The van der Waals surface area contributed by atoms with Gasteiger partial charge in [0.25, 0.3) is 0 Å². The van der Waals surface area contributed by atoms with E-state index in [2.05, 4.69) is 39.0 Å². The fraction of sp³-hybridized carbons (Fsp3) is 0.517. The van der Waals surface area contributed by atoms with Crippen molar-refractivity contribution < 1.29 is 9.59 Å². The summed E-state index contributed by atoms with van der Waals surface area (Å²) < 4.78 is 0. The molecule has 0 aliphatic carbocycles. The Hall–Kier alpha value is -2.70. The van der Waals surface area contributed by atoms with Crippen molar-refractivity contribution in [1.29, 1.82) is 0 Å². The zero-order chi connectivity index (χ0) is 24.0. The number of carbonyl (C=O) groups is 2. The first kappa shape index (κ1) is 24.0. The van der Waals surface area contributed by atoms with E-state index >= 15 is 0 Å². The Kier molecular flexibility index (Phi) is 7.79. The second kappa shape index (κ2) is 11.4. The Bertz CT molecular complexity index is 969. The van der Waals surface area contributed by atoms with E-state index in [4.69, 9.17) is 0 Å². The lowest BCUT2D eigenvalue weighted by Gasteiger charge is -2.44. The summed E-state index contributed by atoms with van der Waals surface area (Å²) in [7, 11) is 0.